The lowest BCUT2D eigenvalue weighted by atomic mass is 9.60. The van der Waals surface area contributed by atoms with Gasteiger partial charge in [0, 0.05) is 0 Å². The molecule has 4 aliphatic heterocycles. The van der Waals surface area contributed by atoms with E-state index >= 15 is 0 Å². The predicted octanol–water partition coefficient (Wildman–Crippen LogP) is -5.89. The number of hydrogen-bond acceptors (Lipinski definition) is 22. The van der Waals surface area contributed by atoms with Gasteiger partial charge in [0.05, 0.1) is 39.1 Å². The van der Waals surface area contributed by atoms with Gasteiger partial charge in [-0.2, -0.15) is 0 Å². The van der Waals surface area contributed by atoms with Crippen LogP contribution in [0.25, 0.3) is 0 Å². The first-order chi connectivity index (χ1) is 28.9. The molecule has 22 heteroatoms. The number of ether oxygens (including phenoxy) is 8. The van der Waals surface area contributed by atoms with Crippen molar-refractivity contribution in [3.05, 3.63) is 23.3 Å². The second-order valence-electron chi connectivity index (χ2n) is 17.4. The van der Waals surface area contributed by atoms with Gasteiger partial charge in [-0.3, -0.25) is 0 Å². The van der Waals surface area contributed by atoms with Crippen LogP contribution >= 0.6 is 0 Å². The molecular formula is C39H64O22. The van der Waals surface area contributed by atoms with E-state index in [9.17, 15) is 71.5 Å². The Morgan fingerprint density at radius 1 is 0.574 bits per heavy atom. The first kappa shape index (κ1) is 49.0. The normalized spacial score (nSPS) is 49.7. The predicted molar refractivity (Wildman–Crippen MR) is 200 cm³/mol. The Morgan fingerprint density at radius 3 is 1.49 bits per heavy atom. The van der Waals surface area contributed by atoms with E-state index in [0.29, 0.717) is 37.7 Å². The lowest BCUT2D eigenvalue weighted by Gasteiger charge is -2.49. The van der Waals surface area contributed by atoms with Crippen molar-refractivity contribution >= 4 is 0 Å². The van der Waals surface area contributed by atoms with E-state index in [2.05, 4.69) is 13.5 Å². The summed E-state index contributed by atoms with van der Waals surface area (Å²) in [4.78, 5) is 0. The third kappa shape index (κ3) is 10.1. The highest BCUT2D eigenvalue weighted by atomic mass is 16.8. The molecule has 0 aromatic heterocycles. The molecule has 1 saturated carbocycles. The van der Waals surface area contributed by atoms with Gasteiger partial charge in [0.1, 0.15) is 97.7 Å². The van der Waals surface area contributed by atoms with Gasteiger partial charge in [0.2, 0.25) is 0 Å². The summed E-state index contributed by atoms with van der Waals surface area (Å²) < 4.78 is 45.8. The number of allylic oxidation sites excluding steroid dienone is 1. The molecule has 6 rings (SSSR count). The Hall–Kier alpha value is -1.40. The molecule has 0 radical (unpaired) electrons. The standard InChI is InChI=1S/C39H64O22/c1-14-6-17(55-36-32(53)28(49)34(22(12-43)59-36)61-38-30(51)26(47)24(45)20(10-41)57-38)8-39(3)5-4-16(7-18(14)39)15(2)13-54-35-31(52)27(48)33(21(11-42)58-35)60-37-29(50)25(46)23(44)19(9-40)56-37/h16-17,19-38,40-53H,2,4-13H2,1,3H3. The largest absolute Gasteiger partial charge is 0.394 e. The maximum atomic E-state index is 11.1. The number of aliphatic hydroxyl groups is 14. The van der Waals surface area contributed by atoms with Crippen LogP contribution in [0.2, 0.25) is 0 Å². The minimum Gasteiger partial charge on any atom is -0.394 e. The average molecular weight is 885 g/mol. The van der Waals surface area contributed by atoms with Crippen molar-refractivity contribution in [2.45, 2.75) is 175 Å². The van der Waals surface area contributed by atoms with E-state index < -0.39 is 155 Å². The van der Waals surface area contributed by atoms with Crippen molar-refractivity contribution in [1.29, 1.82) is 0 Å². The second kappa shape index (κ2) is 20.4. The van der Waals surface area contributed by atoms with Crippen LogP contribution in [0, 0.1) is 11.3 Å². The molecule has 0 amide bonds. The van der Waals surface area contributed by atoms with Crippen molar-refractivity contribution in [2.75, 3.05) is 33.0 Å². The molecule has 2 aliphatic carbocycles. The van der Waals surface area contributed by atoms with Crippen LogP contribution in [0.3, 0.4) is 0 Å². The Kier molecular flexibility index (Phi) is 16.4. The number of fused-ring (bicyclic) bond motifs is 1. The van der Waals surface area contributed by atoms with Gasteiger partial charge in [-0.1, -0.05) is 24.6 Å². The van der Waals surface area contributed by atoms with Crippen molar-refractivity contribution < 1.29 is 109 Å². The highest BCUT2D eigenvalue weighted by Crippen LogP contribution is 2.53. The molecule has 0 spiro atoms. The van der Waals surface area contributed by atoms with Crippen molar-refractivity contribution in [3.8, 4) is 0 Å². The molecule has 0 aromatic carbocycles. The summed E-state index contributed by atoms with van der Waals surface area (Å²) in [5, 5.41) is 145. The van der Waals surface area contributed by atoms with E-state index in [0.717, 1.165) is 5.57 Å². The zero-order chi connectivity index (χ0) is 44.7. The van der Waals surface area contributed by atoms with Crippen molar-refractivity contribution in [2.24, 2.45) is 11.3 Å². The molecule has 0 aromatic rings. The van der Waals surface area contributed by atoms with E-state index in [1.165, 1.54) is 5.57 Å². The molecule has 23 atom stereocenters. The average Bonchev–Trinajstić information content (AvgIpc) is 3.24. The summed E-state index contributed by atoms with van der Waals surface area (Å²) in [6, 6.07) is 0. The maximum Gasteiger partial charge on any atom is 0.187 e. The smallest absolute Gasteiger partial charge is 0.187 e. The van der Waals surface area contributed by atoms with Crippen LogP contribution in [0.4, 0.5) is 0 Å². The highest BCUT2D eigenvalue weighted by molar-refractivity contribution is 5.29. The summed E-state index contributed by atoms with van der Waals surface area (Å²) in [7, 11) is 0. The molecule has 5 fully saturated rings. The van der Waals surface area contributed by atoms with Crippen LogP contribution in [0.5, 0.6) is 0 Å². The Bertz CT molecular complexity index is 1480. The fourth-order valence-corrected chi connectivity index (χ4v) is 9.49. The van der Waals surface area contributed by atoms with Gasteiger partial charge >= 0.3 is 0 Å². The Balaban J connectivity index is 1.02. The van der Waals surface area contributed by atoms with Crippen molar-refractivity contribution in [1.82, 2.24) is 0 Å². The van der Waals surface area contributed by atoms with Crippen LogP contribution < -0.4 is 0 Å². The molecular weight excluding hydrogens is 820 g/mol. The summed E-state index contributed by atoms with van der Waals surface area (Å²) in [5.74, 6) is -0.0401. The Morgan fingerprint density at radius 2 is 1.00 bits per heavy atom. The zero-order valence-electron chi connectivity index (χ0n) is 34.0. The molecule has 22 nitrogen and oxygen atoms in total. The molecule has 352 valence electrons. The van der Waals surface area contributed by atoms with E-state index in [-0.39, 0.29) is 17.9 Å². The van der Waals surface area contributed by atoms with E-state index in [4.69, 9.17) is 37.9 Å². The molecule has 4 heterocycles. The summed E-state index contributed by atoms with van der Waals surface area (Å²) in [6.07, 6.45) is -28.8. The quantitative estimate of drug-likeness (QED) is 0.0722. The molecule has 0 bridgehead atoms. The number of hydrogen-bond donors (Lipinski definition) is 14. The second-order valence-corrected chi connectivity index (χ2v) is 17.4. The van der Waals surface area contributed by atoms with Gasteiger partial charge in [-0.25, -0.2) is 0 Å². The molecule has 23 unspecified atom stereocenters. The first-order valence-electron chi connectivity index (χ1n) is 20.7. The van der Waals surface area contributed by atoms with Crippen LogP contribution in [-0.4, -0.2) is 233 Å². The highest BCUT2D eigenvalue weighted by Gasteiger charge is 2.53. The number of aliphatic hydroxyl groups excluding tert-OH is 14. The first-order valence-corrected chi connectivity index (χ1v) is 20.7. The third-order valence-electron chi connectivity index (χ3n) is 13.2. The van der Waals surface area contributed by atoms with Gasteiger partial charge in [-0.05, 0) is 55.9 Å². The molecule has 4 saturated heterocycles. The molecule has 61 heavy (non-hydrogen) atoms. The van der Waals surface area contributed by atoms with Crippen LogP contribution in [0.15, 0.2) is 23.3 Å². The SMILES string of the molecule is C=C(COC1OC(CO)C(OC2OC(CO)C(O)C(O)C2O)C(O)C1O)C1CCC2(C)CC(OC3OC(CO)C(OC4OC(CO)C(O)C(O)C4O)C(O)C3O)CC(C)=C2C1. The van der Waals surface area contributed by atoms with Crippen LogP contribution in [-0.2, 0) is 37.9 Å². The van der Waals surface area contributed by atoms with E-state index in [1.807, 2.05) is 6.92 Å². The summed E-state index contributed by atoms with van der Waals surface area (Å²) in [5.41, 5.74) is 2.59. The van der Waals surface area contributed by atoms with Gasteiger partial charge in [0.25, 0.3) is 0 Å². The fraction of sp³-hybridized carbons (Fsp3) is 0.897. The zero-order valence-corrected chi connectivity index (χ0v) is 34.0. The monoisotopic (exact) mass is 884 g/mol. The minimum atomic E-state index is -1.79. The number of rotatable bonds is 14. The minimum absolute atomic E-state index is 0.0401. The summed E-state index contributed by atoms with van der Waals surface area (Å²) >= 11 is 0. The lowest BCUT2D eigenvalue weighted by molar-refractivity contribution is -0.363. The van der Waals surface area contributed by atoms with Crippen LogP contribution in [0.1, 0.15) is 46.0 Å². The lowest BCUT2D eigenvalue weighted by Crippen LogP contribution is -2.65. The van der Waals surface area contributed by atoms with Gasteiger partial charge in [0.15, 0.2) is 25.2 Å². The molecule has 14 N–H and O–H groups in total. The van der Waals surface area contributed by atoms with Crippen molar-refractivity contribution in [3.63, 3.8) is 0 Å². The topological polar surface area (TPSA) is 357 Å². The fourth-order valence-electron chi connectivity index (χ4n) is 9.49. The Labute approximate surface area is 351 Å². The third-order valence-corrected chi connectivity index (χ3v) is 13.2. The molecule has 6 aliphatic rings. The summed E-state index contributed by atoms with van der Waals surface area (Å²) in [6.45, 7) is 5.42. The van der Waals surface area contributed by atoms with Gasteiger partial charge < -0.3 is 109 Å². The maximum absolute atomic E-state index is 11.1. The van der Waals surface area contributed by atoms with E-state index in [1.54, 1.807) is 0 Å². The van der Waals surface area contributed by atoms with Gasteiger partial charge in [-0.15, -0.1) is 0 Å².